The minimum Gasteiger partial charge on any atom is -0.165 e. The Labute approximate surface area is 224 Å². The van der Waals surface area contributed by atoms with Crippen molar-refractivity contribution >= 4 is 97.0 Å². The average molecular weight is 597 g/mol. The Kier molecular flexibility index (Phi) is 5.14. The number of hydrogen-bond donors (Lipinski definition) is 0. The van der Waals surface area contributed by atoms with Crippen molar-refractivity contribution in [1.29, 1.82) is 0 Å². The summed E-state index contributed by atoms with van der Waals surface area (Å²) in [7, 11) is 0. The Bertz CT molecular complexity index is 1830. The molecule has 0 nitrogen and oxygen atoms in total. The fourth-order valence-corrected chi connectivity index (χ4v) is 9.60. The van der Waals surface area contributed by atoms with Gasteiger partial charge < -0.3 is 0 Å². The third-order valence-corrected chi connectivity index (χ3v) is 12.0. The van der Waals surface area contributed by atoms with Gasteiger partial charge in [0.2, 0.25) is 0 Å². The van der Waals surface area contributed by atoms with Crippen LogP contribution in [0.5, 0.6) is 0 Å². The fraction of sp³-hybridized carbons (Fsp3) is 0.0769. The molecule has 7 rings (SSSR count). The summed E-state index contributed by atoms with van der Waals surface area (Å²) in [6, 6.07) is 17.5. The molecule has 186 valence electrons. The van der Waals surface area contributed by atoms with Crippen LogP contribution in [0.15, 0.2) is 60.7 Å². The Balaban J connectivity index is 1.29. The molecule has 0 aliphatic heterocycles. The Hall–Kier alpha value is -2.44. The summed E-state index contributed by atoms with van der Waals surface area (Å²) in [6.45, 7) is 0. The first-order valence-corrected chi connectivity index (χ1v) is 14.8. The quantitative estimate of drug-likeness (QED) is 0.174. The predicted molar refractivity (Wildman–Crippen MR) is 147 cm³/mol. The Morgan fingerprint density at radius 2 is 0.730 bits per heavy atom. The minimum absolute atomic E-state index is 0.604. The van der Waals surface area contributed by atoms with Crippen LogP contribution in [-0.4, -0.2) is 0 Å². The van der Waals surface area contributed by atoms with Gasteiger partial charge in [0.1, 0.15) is 9.75 Å². The van der Waals surface area contributed by atoms with Crippen molar-refractivity contribution in [1.82, 2.24) is 0 Å². The van der Waals surface area contributed by atoms with Crippen LogP contribution in [0, 0.1) is 0 Å². The topological polar surface area (TPSA) is 0 Å². The van der Waals surface area contributed by atoms with Crippen LogP contribution in [0.25, 0.3) is 59.9 Å². The number of benzene rings is 2. The lowest BCUT2D eigenvalue weighted by molar-refractivity contribution is -0.135. The fourth-order valence-electron chi connectivity index (χ4n) is 4.39. The number of fused-ring (bicyclic) bond motifs is 6. The molecule has 2 aromatic carbocycles. The molecule has 0 aliphatic carbocycles. The van der Waals surface area contributed by atoms with Gasteiger partial charge in [0.05, 0.1) is 0 Å². The second kappa shape index (κ2) is 8.03. The smallest absolute Gasteiger partial charge is 0.165 e. The van der Waals surface area contributed by atoms with Crippen LogP contribution in [-0.2, 0) is 12.4 Å². The van der Waals surface area contributed by atoms with E-state index in [4.69, 9.17) is 0 Å². The second-order valence-corrected chi connectivity index (χ2v) is 13.8. The van der Waals surface area contributed by atoms with Gasteiger partial charge in [-0.05, 0) is 60.7 Å². The zero-order valence-corrected chi connectivity index (χ0v) is 22.2. The normalized spacial score (nSPS) is 13.1. The molecule has 11 heteroatoms. The molecule has 7 aromatic rings. The lowest BCUT2D eigenvalue weighted by atomic mass is 10.1. The van der Waals surface area contributed by atoms with Gasteiger partial charge >= 0.3 is 12.4 Å². The first-order valence-electron chi connectivity index (χ1n) is 10.7. The van der Waals surface area contributed by atoms with E-state index in [0.29, 0.717) is 20.2 Å². The second-order valence-electron chi connectivity index (χ2n) is 8.38. The first kappa shape index (κ1) is 23.7. The predicted octanol–water partition coefficient (Wildman–Crippen LogP) is 12.0. The molecule has 0 spiro atoms. The number of thiophene rings is 5. The van der Waals surface area contributed by atoms with E-state index in [9.17, 15) is 26.3 Å². The van der Waals surface area contributed by atoms with Crippen LogP contribution in [0.3, 0.4) is 0 Å². The van der Waals surface area contributed by atoms with Gasteiger partial charge in [0.25, 0.3) is 0 Å². The highest BCUT2D eigenvalue weighted by Crippen LogP contribution is 2.48. The third kappa shape index (κ3) is 3.90. The summed E-state index contributed by atoms with van der Waals surface area (Å²) >= 11 is 6.14. The van der Waals surface area contributed by atoms with E-state index in [1.54, 1.807) is 23.5 Å². The molecule has 0 aliphatic rings. The maximum atomic E-state index is 13.2. The van der Waals surface area contributed by atoms with E-state index in [-0.39, 0.29) is 0 Å². The highest BCUT2D eigenvalue weighted by atomic mass is 32.1. The Morgan fingerprint density at radius 3 is 1.11 bits per heavy atom. The summed E-state index contributed by atoms with van der Waals surface area (Å²) < 4.78 is 82.5. The zero-order chi connectivity index (χ0) is 25.7. The van der Waals surface area contributed by atoms with Gasteiger partial charge in [-0.25, -0.2) is 0 Å². The molecule has 0 saturated carbocycles. The highest BCUT2D eigenvalue weighted by Gasteiger charge is 2.34. The van der Waals surface area contributed by atoms with Gasteiger partial charge in [0.15, 0.2) is 0 Å². The maximum absolute atomic E-state index is 13.2. The molecule has 5 heterocycles. The maximum Gasteiger partial charge on any atom is 0.425 e. The van der Waals surface area contributed by atoms with Gasteiger partial charge in [-0.3, -0.25) is 0 Å². The van der Waals surface area contributed by atoms with E-state index < -0.39 is 22.1 Å². The summed E-state index contributed by atoms with van der Waals surface area (Å²) in [4.78, 5) is 2.71. The van der Waals surface area contributed by atoms with Crippen LogP contribution in [0.2, 0.25) is 0 Å². The van der Waals surface area contributed by atoms with E-state index >= 15 is 0 Å². The molecular formula is C26H10F6S5. The summed E-state index contributed by atoms with van der Waals surface area (Å²) in [5.41, 5.74) is 0. The SMILES string of the molecule is FC(F)(F)c1cc2c(ccc3sc(-c4ccc(-c5cc6c(ccc7sc(C(F)(F)F)cc76)s5)s4)cc32)s1. The highest BCUT2D eigenvalue weighted by molar-refractivity contribution is 7.30. The molecule has 0 radical (unpaired) electrons. The van der Waals surface area contributed by atoms with Crippen LogP contribution < -0.4 is 0 Å². The van der Waals surface area contributed by atoms with Gasteiger partial charge in [-0.1, -0.05) is 0 Å². The van der Waals surface area contributed by atoms with Crippen molar-refractivity contribution in [3.8, 4) is 19.5 Å². The van der Waals surface area contributed by atoms with Gasteiger partial charge in [-0.2, -0.15) is 26.3 Å². The number of hydrogen-bond acceptors (Lipinski definition) is 5. The van der Waals surface area contributed by atoms with Crippen molar-refractivity contribution in [2.75, 3.05) is 0 Å². The molecular weight excluding hydrogens is 587 g/mol. The molecule has 0 amide bonds. The molecule has 0 bridgehead atoms. The molecule has 0 unspecified atom stereocenters. The number of alkyl halides is 6. The van der Waals surface area contributed by atoms with Crippen molar-refractivity contribution in [3.63, 3.8) is 0 Å². The zero-order valence-electron chi connectivity index (χ0n) is 18.1. The van der Waals surface area contributed by atoms with E-state index in [0.717, 1.165) is 62.4 Å². The molecule has 0 atom stereocenters. The average Bonchev–Trinajstić information content (AvgIpc) is 3.62. The van der Waals surface area contributed by atoms with E-state index in [1.165, 1.54) is 34.8 Å². The Morgan fingerprint density at radius 1 is 0.378 bits per heavy atom. The summed E-state index contributed by atoms with van der Waals surface area (Å²) in [6.07, 6.45) is -8.74. The molecule has 0 N–H and O–H groups in total. The first-order chi connectivity index (χ1) is 17.5. The van der Waals surface area contributed by atoms with Crippen LogP contribution in [0.1, 0.15) is 9.75 Å². The third-order valence-electron chi connectivity index (χ3n) is 6.05. The molecule has 0 saturated heterocycles. The van der Waals surface area contributed by atoms with Crippen molar-refractivity contribution < 1.29 is 26.3 Å². The molecule has 5 aromatic heterocycles. The lowest BCUT2D eigenvalue weighted by Gasteiger charge is -1.99. The number of halogens is 6. The van der Waals surface area contributed by atoms with Gasteiger partial charge in [0, 0.05) is 59.9 Å². The van der Waals surface area contributed by atoms with E-state index in [2.05, 4.69) is 0 Å². The summed E-state index contributed by atoms with van der Waals surface area (Å²) in [5.74, 6) is 0. The van der Waals surface area contributed by atoms with E-state index in [1.807, 2.05) is 36.4 Å². The monoisotopic (exact) mass is 596 g/mol. The van der Waals surface area contributed by atoms with Crippen LogP contribution in [0.4, 0.5) is 26.3 Å². The minimum atomic E-state index is -4.37. The van der Waals surface area contributed by atoms with Crippen molar-refractivity contribution in [2.24, 2.45) is 0 Å². The summed E-state index contributed by atoms with van der Waals surface area (Å²) in [5, 5.41) is 2.83. The largest absolute Gasteiger partial charge is 0.425 e. The number of rotatable bonds is 2. The van der Waals surface area contributed by atoms with Crippen molar-refractivity contribution in [2.45, 2.75) is 12.4 Å². The molecule has 37 heavy (non-hydrogen) atoms. The van der Waals surface area contributed by atoms with Crippen molar-refractivity contribution in [3.05, 3.63) is 70.4 Å². The molecule has 0 fully saturated rings. The van der Waals surface area contributed by atoms with Crippen LogP contribution >= 0.6 is 56.7 Å². The standard InChI is InChI=1S/C26H10F6S5/c27-25(28,29)23-9-13-11-7-21(33-15(11)1-3-17(13)36-23)19-5-6-20(35-19)22-8-12-14-10-24(26(30,31)32)37-18(14)4-2-16(12)34-22/h1-10H. The lowest BCUT2D eigenvalue weighted by Crippen LogP contribution is -2.00. The van der Waals surface area contributed by atoms with Gasteiger partial charge in [-0.15, -0.1) is 56.7 Å².